The summed E-state index contributed by atoms with van der Waals surface area (Å²) in [5, 5.41) is 9.77. The van der Waals surface area contributed by atoms with E-state index >= 15 is 0 Å². The second kappa shape index (κ2) is 5.58. The minimum absolute atomic E-state index is 0.126. The molecule has 0 fully saturated rings. The number of carbonyl (C=O) groups is 1. The summed E-state index contributed by atoms with van der Waals surface area (Å²) in [7, 11) is 0. The van der Waals surface area contributed by atoms with Gasteiger partial charge in [0.05, 0.1) is 5.69 Å². The van der Waals surface area contributed by atoms with Gasteiger partial charge in [-0.2, -0.15) is 5.10 Å². The van der Waals surface area contributed by atoms with Gasteiger partial charge in [0.15, 0.2) is 5.13 Å². The van der Waals surface area contributed by atoms with Crippen LogP contribution >= 0.6 is 11.3 Å². The highest BCUT2D eigenvalue weighted by Gasteiger charge is 2.13. The minimum Gasteiger partial charge on any atom is -0.375 e. The molecule has 0 aromatic carbocycles. The predicted molar refractivity (Wildman–Crippen MR) is 68.3 cm³/mol. The third-order valence-electron chi connectivity index (χ3n) is 2.36. The van der Waals surface area contributed by atoms with Crippen LogP contribution in [0.25, 0.3) is 0 Å². The molecule has 0 aliphatic carbocycles. The van der Waals surface area contributed by atoms with Crippen LogP contribution in [0.5, 0.6) is 0 Å². The summed E-state index contributed by atoms with van der Waals surface area (Å²) in [5.74, 6) is 0.696. The summed E-state index contributed by atoms with van der Waals surface area (Å²) in [6, 6.07) is 0. The van der Waals surface area contributed by atoms with E-state index in [2.05, 4.69) is 25.5 Å². The fourth-order valence-corrected chi connectivity index (χ4v) is 2.27. The van der Waals surface area contributed by atoms with Gasteiger partial charge in [0.2, 0.25) is 0 Å². The topological polar surface area (TPSA) is 110 Å². The van der Waals surface area contributed by atoms with Gasteiger partial charge in [-0.15, -0.1) is 0 Å². The van der Waals surface area contributed by atoms with E-state index in [-0.39, 0.29) is 5.91 Å². The van der Waals surface area contributed by atoms with Gasteiger partial charge in [0.25, 0.3) is 5.91 Å². The molecule has 18 heavy (non-hydrogen) atoms. The molecule has 2 rings (SSSR count). The molecule has 8 heteroatoms. The molecule has 0 aliphatic heterocycles. The van der Waals surface area contributed by atoms with Gasteiger partial charge in [-0.05, 0) is 13.3 Å². The lowest BCUT2D eigenvalue weighted by Gasteiger charge is -2.02. The summed E-state index contributed by atoms with van der Waals surface area (Å²) < 4.78 is 0. The molecule has 0 bridgehead atoms. The van der Waals surface area contributed by atoms with Crippen molar-refractivity contribution in [2.45, 2.75) is 19.8 Å². The molecule has 2 aromatic heterocycles. The Morgan fingerprint density at radius 3 is 3.06 bits per heavy atom. The molecule has 0 atom stereocenters. The van der Waals surface area contributed by atoms with Crippen LogP contribution in [0.15, 0.2) is 6.33 Å². The van der Waals surface area contributed by atoms with Crippen LogP contribution in [0.2, 0.25) is 0 Å². The second-order valence-corrected chi connectivity index (χ2v) is 4.79. The zero-order chi connectivity index (χ0) is 13.0. The molecule has 2 aromatic rings. The van der Waals surface area contributed by atoms with Crippen LogP contribution in [0.1, 0.15) is 27.6 Å². The number of carbonyl (C=O) groups excluding carboxylic acids is 1. The van der Waals surface area contributed by atoms with Crippen molar-refractivity contribution in [1.82, 2.24) is 25.5 Å². The average molecular weight is 266 g/mol. The molecular weight excluding hydrogens is 252 g/mol. The lowest BCUT2D eigenvalue weighted by atomic mass is 10.3. The number of thiazole rings is 1. The first kappa shape index (κ1) is 12.5. The fraction of sp³-hybridized carbons (Fsp3) is 0.400. The van der Waals surface area contributed by atoms with Crippen LogP contribution in [-0.2, 0) is 6.42 Å². The molecule has 96 valence electrons. The van der Waals surface area contributed by atoms with Crippen LogP contribution in [0, 0.1) is 6.92 Å². The highest BCUT2D eigenvalue weighted by molar-refractivity contribution is 7.17. The zero-order valence-electron chi connectivity index (χ0n) is 9.93. The Balaban J connectivity index is 1.77. The quantitative estimate of drug-likeness (QED) is 0.683. The Morgan fingerprint density at radius 2 is 2.44 bits per heavy atom. The SMILES string of the molecule is Cc1nc(N)sc1C(=O)NCCCc1ncn[nH]1. The lowest BCUT2D eigenvalue weighted by Crippen LogP contribution is -2.24. The lowest BCUT2D eigenvalue weighted by molar-refractivity contribution is 0.0956. The van der Waals surface area contributed by atoms with Crippen molar-refractivity contribution in [2.75, 3.05) is 12.3 Å². The molecule has 7 nitrogen and oxygen atoms in total. The average Bonchev–Trinajstić information content (AvgIpc) is 2.94. The first-order valence-corrected chi connectivity index (χ1v) is 6.34. The summed E-state index contributed by atoms with van der Waals surface area (Å²) in [6.45, 7) is 2.35. The number of nitrogens with two attached hydrogens (primary N) is 1. The van der Waals surface area contributed by atoms with Crippen molar-refractivity contribution in [3.05, 3.63) is 22.7 Å². The molecule has 4 N–H and O–H groups in total. The molecule has 0 aliphatic rings. The number of nitrogens with zero attached hydrogens (tertiary/aromatic N) is 3. The molecule has 0 radical (unpaired) electrons. The van der Waals surface area contributed by atoms with E-state index in [0.29, 0.717) is 22.2 Å². The summed E-state index contributed by atoms with van der Waals surface area (Å²) in [5.41, 5.74) is 6.22. The van der Waals surface area contributed by atoms with E-state index in [4.69, 9.17) is 5.73 Å². The summed E-state index contributed by atoms with van der Waals surface area (Å²) >= 11 is 1.20. The van der Waals surface area contributed by atoms with Crippen LogP contribution < -0.4 is 11.1 Å². The third-order valence-corrected chi connectivity index (χ3v) is 3.35. The number of nitrogen functional groups attached to an aromatic ring is 1. The molecule has 0 unspecified atom stereocenters. The predicted octanol–water partition coefficient (Wildman–Crippen LogP) is 0.514. The third kappa shape index (κ3) is 3.04. The van der Waals surface area contributed by atoms with E-state index in [0.717, 1.165) is 18.7 Å². The second-order valence-electron chi connectivity index (χ2n) is 3.76. The van der Waals surface area contributed by atoms with E-state index in [1.165, 1.54) is 17.7 Å². The van der Waals surface area contributed by atoms with Gasteiger partial charge < -0.3 is 11.1 Å². The number of hydrogen-bond acceptors (Lipinski definition) is 6. The van der Waals surface area contributed by atoms with Gasteiger partial charge in [-0.1, -0.05) is 11.3 Å². The van der Waals surface area contributed by atoms with Crippen molar-refractivity contribution in [3.63, 3.8) is 0 Å². The number of aryl methyl sites for hydroxylation is 2. The Labute approximate surface area is 108 Å². The van der Waals surface area contributed by atoms with E-state index in [1.54, 1.807) is 6.92 Å². The van der Waals surface area contributed by atoms with Gasteiger partial charge in [-0.25, -0.2) is 9.97 Å². The Kier molecular flexibility index (Phi) is 3.88. The molecule has 2 heterocycles. The molecule has 0 saturated carbocycles. The van der Waals surface area contributed by atoms with Crippen molar-refractivity contribution in [1.29, 1.82) is 0 Å². The van der Waals surface area contributed by atoms with Gasteiger partial charge >= 0.3 is 0 Å². The summed E-state index contributed by atoms with van der Waals surface area (Å²) in [4.78, 5) is 20.4. The number of aromatic nitrogens is 4. The fourth-order valence-electron chi connectivity index (χ4n) is 1.52. The van der Waals surface area contributed by atoms with Gasteiger partial charge in [0.1, 0.15) is 17.0 Å². The van der Waals surface area contributed by atoms with E-state index < -0.39 is 0 Å². The molecular formula is C10H14N6OS. The number of nitrogens with one attached hydrogen (secondary N) is 2. The highest BCUT2D eigenvalue weighted by atomic mass is 32.1. The Bertz CT molecular complexity index is 520. The Hall–Kier alpha value is -1.96. The smallest absolute Gasteiger partial charge is 0.263 e. The Morgan fingerprint density at radius 1 is 1.61 bits per heavy atom. The minimum atomic E-state index is -0.126. The zero-order valence-corrected chi connectivity index (χ0v) is 10.8. The molecule has 1 amide bonds. The van der Waals surface area contributed by atoms with Crippen molar-refractivity contribution in [2.24, 2.45) is 0 Å². The van der Waals surface area contributed by atoms with Crippen molar-refractivity contribution in [3.8, 4) is 0 Å². The largest absolute Gasteiger partial charge is 0.375 e. The van der Waals surface area contributed by atoms with Crippen LogP contribution in [0.3, 0.4) is 0 Å². The van der Waals surface area contributed by atoms with Crippen LogP contribution in [-0.4, -0.2) is 32.6 Å². The number of H-pyrrole nitrogens is 1. The molecule has 0 spiro atoms. The number of hydrogen-bond donors (Lipinski definition) is 3. The van der Waals surface area contributed by atoms with Gasteiger partial charge in [-0.3, -0.25) is 9.89 Å². The monoisotopic (exact) mass is 266 g/mol. The number of amides is 1. The first-order chi connectivity index (χ1) is 8.66. The maximum Gasteiger partial charge on any atom is 0.263 e. The molecule has 0 saturated heterocycles. The summed E-state index contributed by atoms with van der Waals surface area (Å²) in [6.07, 6.45) is 3.02. The maximum atomic E-state index is 11.8. The maximum absolute atomic E-state index is 11.8. The standard InChI is InChI=1S/C10H14N6OS/c1-6-8(18-10(11)15-6)9(17)12-4-2-3-7-13-5-14-16-7/h5H,2-4H2,1H3,(H2,11,15)(H,12,17)(H,13,14,16). The number of rotatable bonds is 5. The van der Waals surface area contributed by atoms with E-state index in [1.807, 2.05) is 0 Å². The van der Waals surface area contributed by atoms with Crippen LogP contribution in [0.4, 0.5) is 5.13 Å². The number of aromatic amines is 1. The van der Waals surface area contributed by atoms with E-state index in [9.17, 15) is 4.79 Å². The van der Waals surface area contributed by atoms with Crippen molar-refractivity contribution < 1.29 is 4.79 Å². The highest BCUT2D eigenvalue weighted by Crippen LogP contribution is 2.19. The normalized spacial score (nSPS) is 10.5. The first-order valence-electron chi connectivity index (χ1n) is 5.52. The van der Waals surface area contributed by atoms with Gasteiger partial charge in [0, 0.05) is 13.0 Å². The van der Waals surface area contributed by atoms with Crippen molar-refractivity contribution >= 4 is 22.4 Å². The number of anilines is 1.